The number of nitrogens with two attached hydrogens (primary N) is 1. The van der Waals surface area contributed by atoms with Crippen LogP contribution in [0.2, 0.25) is 5.02 Å². The van der Waals surface area contributed by atoms with Gasteiger partial charge >= 0.3 is 0 Å². The van der Waals surface area contributed by atoms with Crippen molar-refractivity contribution in [1.29, 1.82) is 0 Å². The number of nitrogens with zero attached hydrogens (tertiary/aromatic N) is 1. The Morgan fingerprint density at radius 2 is 2.11 bits per heavy atom. The average molecular weight is 261 g/mol. The van der Waals surface area contributed by atoms with E-state index in [1.54, 1.807) is 6.20 Å². The molecule has 1 aliphatic rings. The van der Waals surface area contributed by atoms with E-state index in [1.165, 1.54) is 0 Å². The van der Waals surface area contributed by atoms with E-state index in [9.17, 15) is 0 Å². The summed E-state index contributed by atoms with van der Waals surface area (Å²) in [5, 5.41) is 0.721. The predicted molar refractivity (Wildman–Crippen MR) is 71.3 cm³/mol. The molecule has 1 aromatic heterocycles. The molecule has 4 heteroatoms. The molecule has 1 aliphatic heterocycles. The molecule has 0 aliphatic carbocycles. The van der Waals surface area contributed by atoms with Crippen molar-refractivity contribution in [3.05, 3.63) is 52.8 Å². The van der Waals surface area contributed by atoms with Gasteiger partial charge in [-0.1, -0.05) is 17.7 Å². The Morgan fingerprint density at radius 1 is 1.28 bits per heavy atom. The van der Waals surface area contributed by atoms with Gasteiger partial charge in [-0.3, -0.25) is 4.98 Å². The molecule has 1 atom stereocenters. The maximum absolute atomic E-state index is 6.24. The van der Waals surface area contributed by atoms with Crippen molar-refractivity contribution in [2.75, 3.05) is 6.54 Å². The second-order valence-electron chi connectivity index (χ2n) is 4.34. The molecule has 18 heavy (non-hydrogen) atoms. The standard InChI is InChI=1S/C14H13ClN2O/c15-11-3-1-4-12-10(11)7-9(8-16)14-13(18-12)5-2-6-17-14/h1-6,9H,7-8,16H2/t9-/m1/s1. The van der Waals surface area contributed by atoms with E-state index < -0.39 is 0 Å². The molecule has 2 N–H and O–H groups in total. The molecule has 0 spiro atoms. The molecule has 92 valence electrons. The molecule has 3 nitrogen and oxygen atoms in total. The number of hydrogen-bond donors (Lipinski definition) is 1. The lowest BCUT2D eigenvalue weighted by molar-refractivity contribution is 0.474. The number of rotatable bonds is 1. The number of halogens is 1. The lowest BCUT2D eigenvalue weighted by atomic mass is 9.96. The van der Waals surface area contributed by atoms with Crippen LogP contribution in [-0.4, -0.2) is 11.5 Å². The molecular weight excluding hydrogens is 248 g/mol. The fraction of sp³-hybridized carbons (Fsp3) is 0.214. The fourth-order valence-electron chi connectivity index (χ4n) is 2.28. The zero-order valence-electron chi connectivity index (χ0n) is 9.77. The third kappa shape index (κ3) is 1.85. The van der Waals surface area contributed by atoms with Gasteiger partial charge < -0.3 is 10.5 Å². The van der Waals surface area contributed by atoms with Gasteiger partial charge in [0.25, 0.3) is 0 Å². The lowest BCUT2D eigenvalue weighted by Gasteiger charge is -2.12. The van der Waals surface area contributed by atoms with Crippen LogP contribution in [-0.2, 0) is 6.42 Å². The third-order valence-electron chi connectivity index (χ3n) is 3.22. The van der Waals surface area contributed by atoms with Crippen LogP contribution < -0.4 is 10.5 Å². The van der Waals surface area contributed by atoms with E-state index in [0.29, 0.717) is 6.54 Å². The summed E-state index contributed by atoms with van der Waals surface area (Å²) in [4.78, 5) is 4.40. The van der Waals surface area contributed by atoms with Crippen molar-refractivity contribution in [2.45, 2.75) is 12.3 Å². The van der Waals surface area contributed by atoms with Crippen LogP contribution in [0, 0.1) is 0 Å². The highest BCUT2D eigenvalue weighted by molar-refractivity contribution is 6.31. The van der Waals surface area contributed by atoms with Crippen LogP contribution in [0.3, 0.4) is 0 Å². The summed E-state index contributed by atoms with van der Waals surface area (Å²) in [5.41, 5.74) is 7.77. The molecule has 0 saturated heterocycles. The topological polar surface area (TPSA) is 48.1 Å². The summed E-state index contributed by atoms with van der Waals surface area (Å²) in [6.07, 6.45) is 2.53. The zero-order valence-corrected chi connectivity index (χ0v) is 10.5. The van der Waals surface area contributed by atoms with Crippen LogP contribution in [0.25, 0.3) is 0 Å². The van der Waals surface area contributed by atoms with Crippen molar-refractivity contribution in [2.24, 2.45) is 5.73 Å². The quantitative estimate of drug-likeness (QED) is 0.857. The zero-order chi connectivity index (χ0) is 12.5. The minimum atomic E-state index is 0.141. The van der Waals surface area contributed by atoms with Gasteiger partial charge in [-0.05, 0) is 30.7 Å². The molecule has 0 saturated carbocycles. The maximum Gasteiger partial charge on any atom is 0.149 e. The second kappa shape index (κ2) is 4.59. The fourth-order valence-corrected chi connectivity index (χ4v) is 2.53. The number of fused-ring (bicyclic) bond motifs is 2. The number of benzene rings is 1. The average Bonchev–Trinajstić information content (AvgIpc) is 2.55. The van der Waals surface area contributed by atoms with Crippen molar-refractivity contribution in [3.8, 4) is 11.5 Å². The van der Waals surface area contributed by atoms with Gasteiger partial charge in [0, 0.05) is 29.2 Å². The van der Waals surface area contributed by atoms with Gasteiger partial charge in [-0.25, -0.2) is 0 Å². The molecule has 0 unspecified atom stereocenters. The third-order valence-corrected chi connectivity index (χ3v) is 3.57. The Labute approximate surface area is 111 Å². The smallest absolute Gasteiger partial charge is 0.149 e. The maximum atomic E-state index is 6.24. The largest absolute Gasteiger partial charge is 0.455 e. The van der Waals surface area contributed by atoms with Gasteiger partial charge in [-0.2, -0.15) is 0 Å². The minimum Gasteiger partial charge on any atom is -0.455 e. The SMILES string of the molecule is NC[C@H]1Cc2c(Cl)cccc2Oc2cccnc21. The molecule has 0 fully saturated rings. The van der Waals surface area contributed by atoms with Gasteiger partial charge in [0.15, 0.2) is 0 Å². The van der Waals surface area contributed by atoms with Crippen LogP contribution in [0.15, 0.2) is 36.5 Å². The number of ether oxygens (including phenoxy) is 1. The Kier molecular flexibility index (Phi) is 2.94. The summed E-state index contributed by atoms with van der Waals surface area (Å²) < 4.78 is 5.91. The van der Waals surface area contributed by atoms with Crippen molar-refractivity contribution in [1.82, 2.24) is 4.98 Å². The highest BCUT2D eigenvalue weighted by Crippen LogP contribution is 2.40. The normalized spacial score (nSPS) is 17.3. The molecule has 1 aromatic carbocycles. The van der Waals surface area contributed by atoms with E-state index in [0.717, 1.165) is 34.2 Å². The van der Waals surface area contributed by atoms with Crippen LogP contribution >= 0.6 is 11.6 Å². The minimum absolute atomic E-state index is 0.141. The Hall–Kier alpha value is -1.58. The van der Waals surface area contributed by atoms with E-state index >= 15 is 0 Å². The van der Waals surface area contributed by atoms with Crippen molar-refractivity contribution in [3.63, 3.8) is 0 Å². The van der Waals surface area contributed by atoms with E-state index in [-0.39, 0.29) is 5.92 Å². The van der Waals surface area contributed by atoms with E-state index in [4.69, 9.17) is 22.1 Å². The second-order valence-corrected chi connectivity index (χ2v) is 4.75. The summed E-state index contributed by atoms with van der Waals surface area (Å²) in [7, 11) is 0. The molecule has 0 amide bonds. The summed E-state index contributed by atoms with van der Waals surface area (Å²) >= 11 is 6.24. The van der Waals surface area contributed by atoms with Crippen LogP contribution in [0.4, 0.5) is 0 Å². The first-order chi connectivity index (χ1) is 8.79. The number of pyridine rings is 1. The number of aromatic nitrogens is 1. The van der Waals surface area contributed by atoms with Gasteiger partial charge in [0.05, 0.1) is 5.69 Å². The first-order valence-electron chi connectivity index (χ1n) is 5.90. The lowest BCUT2D eigenvalue weighted by Crippen LogP contribution is -2.15. The van der Waals surface area contributed by atoms with Crippen molar-refractivity contribution < 1.29 is 4.74 Å². The van der Waals surface area contributed by atoms with Crippen LogP contribution in [0.5, 0.6) is 11.5 Å². The molecule has 2 aromatic rings. The number of hydrogen-bond acceptors (Lipinski definition) is 3. The molecule has 3 rings (SSSR count). The Balaban J connectivity index is 2.16. The summed E-state index contributed by atoms with van der Waals surface area (Å²) in [6.45, 7) is 0.526. The van der Waals surface area contributed by atoms with Gasteiger partial charge in [-0.15, -0.1) is 0 Å². The molecule has 0 radical (unpaired) electrons. The highest BCUT2D eigenvalue weighted by atomic mass is 35.5. The first kappa shape index (κ1) is 11.5. The van der Waals surface area contributed by atoms with Gasteiger partial charge in [0.1, 0.15) is 11.5 Å². The monoisotopic (exact) mass is 260 g/mol. The van der Waals surface area contributed by atoms with Crippen LogP contribution in [0.1, 0.15) is 17.2 Å². The highest BCUT2D eigenvalue weighted by Gasteiger charge is 2.24. The summed E-state index contributed by atoms with van der Waals surface area (Å²) in [5.74, 6) is 1.71. The predicted octanol–water partition coefficient (Wildman–Crippen LogP) is 3.13. The molecule has 0 bridgehead atoms. The Bertz CT molecular complexity index is 586. The molecule has 2 heterocycles. The molecular formula is C14H13ClN2O. The first-order valence-corrected chi connectivity index (χ1v) is 6.27. The van der Waals surface area contributed by atoms with E-state index in [2.05, 4.69) is 4.98 Å². The van der Waals surface area contributed by atoms with Gasteiger partial charge in [0.2, 0.25) is 0 Å². The Morgan fingerprint density at radius 3 is 2.94 bits per heavy atom. The van der Waals surface area contributed by atoms with E-state index in [1.807, 2.05) is 30.3 Å². The summed E-state index contributed by atoms with van der Waals surface area (Å²) in [6, 6.07) is 9.47. The van der Waals surface area contributed by atoms with Crippen molar-refractivity contribution >= 4 is 11.6 Å².